The molecule has 1 N–H and O–H groups in total. The minimum Gasteiger partial charge on any atom is -0.508 e. The van der Waals surface area contributed by atoms with E-state index in [0.29, 0.717) is 5.75 Å². The Hall–Kier alpha value is -1.24. The van der Waals surface area contributed by atoms with Crippen molar-refractivity contribution >= 4 is 0 Å². The highest BCUT2D eigenvalue weighted by Gasteiger charge is 2.12. The number of aromatic hydroxyl groups is 1. The van der Waals surface area contributed by atoms with Crippen molar-refractivity contribution < 1.29 is 5.11 Å². The van der Waals surface area contributed by atoms with Crippen molar-refractivity contribution in [1.29, 1.82) is 0 Å². The van der Waals surface area contributed by atoms with Gasteiger partial charge in [-0.3, -0.25) is 0 Å². The van der Waals surface area contributed by atoms with Gasteiger partial charge in [0.2, 0.25) is 0 Å². The van der Waals surface area contributed by atoms with Gasteiger partial charge in [-0.25, -0.2) is 0 Å². The predicted octanol–water partition coefficient (Wildman–Crippen LogP) is 2.75. The first-order valence-corrected chi connectivity index (χ1v) is 4.64. The number of phenolic OH excluding ortho intramolecular Hbond substituents is 1. The summed E-state index contributed by atoms with van der Waals surface area (Å²) in [5.41, 5.74) is 5.15. The second-order valence-corrected chi connectivity index (χ2v) is 3.78. The number of rotatable bonds is 0. The molecule has 0 unspecified atom stereocenters. The van der Waals surface area contributed by atoms with Gasteiger partial charge in [0.05, 0.1) is 0 Å². The van der Waals surface area contributed by atoms with Crippen LogP contribution in [0.5, 0.6) is 5.75 Å². The molecule has 1 aromatic carbocycles. The molecule has 0 bridgehead atoms. The summed E-state index contributed by atoms with van der Waals surface area (Å²) in [6.45, 7) is 4.15. The maximum Gasteiger partial charge on any atom is 0.118 e. The third-order valence-corrected chi connectivity index (χ3v) is 2.79. The molecule has 0 saturated heterocycles. The van der Waals surface area contributed by atoms with Crippen molar-refractivity contribution in [2.24, 2.45) is 0 Å². The number of hydrogen-bond donors (Lipinski definition) is 1. The molecule has 1 aliphatic rings. The second-order valence-electron chi connectivity index (χ2n) is 3.78. The molecule has 1 heteroatoms. The Bertz CT molecular complexity index is 375. The molecular weight excluding hydrogens is 160 g/mol. The van der Waals surface area contributed by atoms with E-state index in [-0.39, 0.29) is 0 Å². The van der Waals surface area contributed by atoms with Gasteiger partial charge >= 0.3 is 0 Å². The second kappa shape index (κ2) is 2.91. The molecule has 0 heterocycles. The van der Waals surface area contributed by atoms with Gasteiger partial charge in [-0.2, -0.15) is 0 Å². The van der Waals surface area contributed by atoms with Gasteiger partial charge in [0.1, 0.15) is 5.75 Å². The summed E-state index contributed by atoms with van der Waals surface area (Å²) in [7, 11) is 0. The fourth-order valence-corrected chi connectivity index (χ4v) is 1.90. The molecule has 0 radical (unpaired) electrons. The number of hydrogen-bond acceptors (Lipinski definition) is 1. The average molecular weight is 174 g/mol. The largest absolute Gasteiger partial charge is 0.508 e. The summed E-state index contributed by atoms with van der Waals surface area (Å²) < 4.78 is 0. The maximum absolute atomic E-state index is 9.52. The van der Waals surface area contributed by atoms with Crippen LogP contribution in [0.3, 0.4) is 0 Å². The van der Waals surface area contributed by atoms with Gasteiger partial charge in [-0.1, -0.05) is 17.7 Å². The fraction of sp³-hybridized carbons (Fsp3) is 0.333. The highest BCUT2D eigenvalue weighted by Crippen LogP contribution is 2.28. The van der Waals surface area contributed by atoms with E-state index < -0.39 is 0 Å². The number of phenols is 1. The Morgan fingerprint density at radius 1 is 1.23 bits per heavy atom. The quantitative estimate of drug-likeness (QED) is 0.599. The van der Waals surface area contributed by atoms with Crippen molar-refractivity contribution in [1.82, 2.24) is 0 Å². The molecule has 0 saturated carbocycles. The standard InChI is InChI=1S/C12H14O/c1-8-3-5-11-9(2)12(13)6-4-10(11)7-8/h3-4,6,13H,5,7H2,1-2H3. The van der Waals surface area contributed by atoms with Crippen molar-refractivity contribution in [3.63, 3.8) is 0 Å². The number of fused-ring (bicyclic) bond motifs is 1. The summed E-state index contributed by atoms with van der Waals surface area (Å²) in [4.78, 5) is 0. The highest BCUT2D eigenvalue weighted by molar-refractivity contribution is 5.47. The Labute approximate surface area is 78.7 Å². The van der Waals surface area contributed by atoms with Crippen molar-refractivity contribution in [2.45, 2.75) is 26.7 Å². The van der Waals surface area contributed by atoms with Crippen molar-refractivity contribution in [2.75, 3.05) is 0 Å². The van der Waals surface area contributed by atoms with Crippen LogP contribution in [-0.4, -0.2) is 5.11 Å². The molecule has 2 rings (SSSR count). The van der Waals surface area contributed by atoms with Gasteiger partial charge in [0.25, 0.3) is 0 Å². The highest BCUT2D eigenvalue weighted by atomic mass is 16.3. The molecule has 0 aliphatic heterocycles. The lowest BCUT2D eigenvalue weighted by Crippen LogP contribution is -2.03. The molecule has 68 valence electrons. The van der Waals surface area contributed by atoms with E-state index in [0.717, 1.165) is 18.4 Å². The van der Waals surface area contributed by atoms with Crippen LogP contribution < -0.4 is 0 Å². The molecule has 0 amide bonds. The normalized spacial score (nSPS) is 15.1. The van der Waals surface area contributed by atoms with E-state index in [4.69, 9.17) is 0 Å². The van der Waals surface area contributed by atoms with Crippen LogP contribution in [0.15, 0.2) is 23.8 Å². The topological polar surface area (TPSA) is 20.2 Å². The predicted molar refractivity (Wildman–Crippen MR) is 54.0 cm³/mol. The summed E-state index contributed by atoms with van der Waals surface area (Å²) >= 11 is 0. The lowest BCUT2D eigenvalue weighted by atomic mass is 9.89. The summed E-state index contributed by atoms with van der Waals surface area (Å²) in [6.07, 6.45) is 4.26. The van der Waals surface area contributed by atoms with Crippen LogP contribution in [0.1, 0.15) is 23.6 Å². The molecule has 0 fully saturated rings. The van der Waals surface area contributed by atoms with Crippen LogP contribution >= 0.6 is 0 Å². The lowest BCUT2D eigenvalue weighted by molar-refractivity contribution is 0.470. The van der Waals surface area contributed by atoms with E-state index >= 15 is 0 Å². The average Bonchev–Trinajstić information content (AvgIpc) is 2.12. The Balaban J connectivity index is 2.53. The third-order valence-electron chi connectivity index (χ3n) is 2.79. The molecule has 0 atom stereocenters. The SMILES string of the molecule is CC1=CCc2c(ccc(O)c2C)C1. The first-order valence-electron chi connectivity index (χ1n) is 4.64. The maximum atomic E-state index is 9.52. The lowest BCUT2D eigenvalue weighted by Gasteiger charge is -2.17. The molecular formula is C12H14O. The summed E-state index contributed by atoms with van der Waals surface area (Å²) in [5.74, 6) is 0.423. The number of allylic oxidation sites excluding steroid dienone is 2. The minimum absolute atomic E-state index is 0.423. The summed E-state index contributed by atoms with van der Waals surface area (Å²) in [6, 6.07) is 3.83. The monoisotopic (exact) mass is 174 g/mol. The first kappa shape index (κ1) is 8.36. The van der Waals surface area contributed by atoms with Crippen LogP contribution in [-0.2, 0) is 12.8 Å². The Morgan fingerprint density at radius 2 is 2.00 bits per heavy atom. The van der Waals surface area contributed by atoms with Crippen LogP contribution in [0.25, 0.3) is 0 Å². The van der Waals surface area contributed by atoms with Crippen molar-refractivity contribution in [3.05, 3.63) is 40.5 Å². The molecule has 0 spiro atoms. The fourth-order valence-electron chi connectivity index (χ4n) is 1.90. The zero-order chi connectivity index (χ0) is 9.42. The van der Waals surface area contributed by atoms with Gasteiger partial charge in [0, 0.05) is 0 Å². The zero-order valence-corrected chi connectivity index (χ0v) is 8.09. The minimum atomic E-state index is 0.423. The van der Waals surface area contributed by atoms with E-state index in [1.54, 1.807) is 6.07 Å². The van der Waals surface area contributed by atoms with E-state index in [1.807, 2.05) is 13.0 Å². The van der Waals surface area contributed by atoms with Crippen LogP contribution in [0.2, 0.25) is 0 Å². The van der Waals surface area contributed by atoms with E-state index in [1.165, 1.54) is 16.7 Å². The third kappa shape index (κ3) is 1.35. The van der Waals surface area contributed by atoms with Gasteiger partial charge in [0.15, 0.2) is 0 Å². The van der Waals surface area contributed by atoms with E-state index in [9.17, 15) is 5.11 Å². The summed E-state index contributed by atoms with van der Waals surface area (Å²) in [5, 5.41) is 9.52. The molecule has 1 aliphatic carbocycles. The Kier molecular flexibility index (Phi) is 1.87. The first-order chi connectivity index (χ1) is 6.18. The molecule has 0 aromatic heterocycles. The van der Waals surface area contributed by atoms with Gasteiger partial charge in [-0.15, -0.1) is 0 Å². The molecule has 1 aromatic rings. The van der Waals surface area contributed by atoms with Gasteiger partial charge < -0.3 is 5.11 Å². The smallest absolute Gasteiger partial charge is 0.118 e. The van der Waals surface area contributed by atoms with Crippen molar-refractivity contribution in [3.8, 4) is 5.75 Å². The van der Waals surface area contributed by atoms with Crippen LogP contribution in [0, 0.1) is 6.92 Å². The zero-order valence-electron chi connectivity index (χ0n) is 8.09. The van der Waals surface area contributed by atoms with Gasteiger partial charge in [-0.05, 0) is 49.4 Å². The molecule has 1 nitrogen and oxygen atoms in total. The van der Waals surface area contributed by atoms with E-state index in [2.05, 4.69) is 13.0 Å². The molecule has 13 heavy (non-hydrogen) atoms. The Morgan fingerprint density at radius 3 is 2.77 bits per heavy atom. The number of benzene rings is 1. The van der Waals surface area contributed by atoms with Crippen LogP contribution in [0.4, 0.5) is 0 Å².